The quantitative estimate of drug-likeness (QED) is 0.715. The lowest BCUT2D eigenvalue weighted by atomic mass is 10.1. The molecule has 0 N–H and O–H groups in total. The van der Waals surface area contributed by atoms with E-state index in [1.165, 1.54) is 0 Å². The van der Waals surface area contributed by atoms with Crippen LogP contribution < -0.4 is 4.74 Å². The molecule has 0 fully saturated rings. The number of nitrogens with zero attached hydrogens (tertiary/aromatic N) is 1. The van der Waals surface area contributed by atoms with Gasteiger partial charge >= 0.3 is 0 Å². The van der Waals surface area contributed by atoms with Crippen LogP contribution >= 0.6 is 11.6 Å². The molecule has 0 unspecified atom stereocenters. The van der Waals surface area contributed by atoms with Crippen molar-refractivity contribution in [2.24, 2.45) is 0 Å². The number of aryl methyl sites for hydroxylation is 1. The summed E-state index contributed by atoms with van der Waals surface area (Å²) in [5.41, 5.74) is 1.08. The number of benzene rings is 1. The van der Waals surface area contributed by atoms with Gasteiger partial charge in [-0.05, 0) is 43.5 Å². The Morgan fingerprint density at radius 1 is 1.47 bits per heavy atom. The Hall–Kier alpha value is -1.20. The average molecular weight is 224 g/mol. The third-order valence-electron chi connectivity index (χ3n) is 2.06. The van der Waals surface area contributed by atoms with Gasteiger partial charge in [-0.2, -0.15) is 5.26 Å². The number of hydrogen-bond donors (Lipinski definition) is 0. The maximum Gasteiger partial charge on any atom is 0.122 e. The molecule has 0 aliphatic heterocycles. The summed E-state index contributed by atoms with van der Waals surface area (Å²) in [6.45, 7) is 2.60. The minimum atomic E-state index is 0.568. The lowest BCUT2D eigenvalue weighted by Gasteiger charge is -2.09. The number of halogens is 1. The lowest BCUT2D eigenvalue weighted by Crippen LogP contribution is -1.96. The second-order valence-electron chi connectivity index (χ2n) is 3.20. The molecule has 0 saturated carbocycles. The summed E-state index contributed by atoms with van der Waals surface area (Å²) >= 11 is 5.91. The minimum absolute atomic E-state index is 0.568. The molecule has 15 heavy (non-hydrogen) atoms. The fraction of sp³-hybridized carbons (Fsp3) is 0.417. The van der Waals surface area contributed by atoms with Crippen LogP contribution in [0.25, 0.3) is 0 Å². The number of nitriles is 1. The summed E-state index contributed by atoms with van der Waals surface area (Å²) in [7, 11) is 0. The highest BCUT2D eigenvalue weighted by Crippen LogP contribution is 2.24. The molecule has 0 bridgehead atoms. The van der Waals surface area contributed by atoms with Crippen LogP contribution in [0.2, 0.25) is 5.02 Å². The largest absolute Gasteiger partial charge is 0.494 e. The molecular weight excluding hydrogens is 210 g/mol. The first-order chi connectivity index (χ1) is 7.27. The van der Waals surface area contributed by atoms with E-state index in [4.69, 9.17) is 21.6 Å². The Morgan fingerprint density at radius 2 is 2.27 bits per heavy atom. The Labute approximate surface area is 95.4 Å². The van der Waals surface area contributed by atoms with E-state index in [0.717, 1.165) is 24.2 Å². The molecule has 0 aliphatic rings. The van der Waals surface area contributed by atoms with Gasteiger partial charge in [0.15, 0.2) is 0 Å². The molecule has 0 aliphatic carbocycles. The molecule has 0 heterocycles. The first-order valence-corrected chi connectivity index (χ1v) is 5.44. The van der Waals surface area contributed by atoms with Crippen molar-refractivity contribution in [3.05, 3.63) is 28.8 Å². The molecule has 1 aromatic rings. The van der Waals surface area contributed by atoms with E-state index in [-0.39, 0.29) is 0 Å². The first-order valence-electron chi connectivity index (χ1n) is 5.06. The second kappa shape index (κ2) is 6.31. The summed E-state index contributed by atoms with van der Waals surface area (Å²) < 4.78 is 5.48. The highest BCUT2D eigenvalue weighted by molar-refractivity contribution is 6.30. The predicted octanol–water partition coefficient (Wildman–Crippen LogP) is 3.58. The summed E-state index contributed by atoms with van der Waals surface area (Å²) in [6.07, 6.45) is 2.25. The molecule has 0 atom stereocenters. The van der Waals surface area contributed by atoms with Crippen molar-refractivity contribution >= 4 is 11.6 Å². The van der Waals surface area contributed by atoms with Gasteiger partial charge in [0.25, 0.3) is 0 Å². The predicted molar refractivity (Wildman–Crippen MR) is 61.2 cm³/mol. The van der Waals surface area contributed by atoms with Crippen molar-refractivity contribution in [2.45, 2.75) is 26.2 Å². The maximum absolute atomic E-state index is 8.46. The SMILES string of the molecule is CCOc1ccc(Cl)cc1CCCC#N. The third-order valence-corrected chi connectivity index (χ3v) is 2.29. The molecule has 1 rings (SSSR count). The van der Waals surface area contributed by atoms with Crippen molar-refractivity contribution in [1.29, 1.82) is 5.26 Å². The zero-order chi connectivity index (χ0) is 11.1. The van der Waals surface area contributed by atoms with Crippen molar-refractivity contribution in [3.63, 3.8) is 0 Å². The normalized spacial score (nSPS) is 9.67. The van der Waals surface area contributed by atoms with Gasteiger partial charge in [-0.25, -0.2) is 0 Å². The van der Waals surface area contributed by atoms with E-state index in [2.05, 4.69) is 6.07 Å². The van der Waals surface area contributed by atoms with Gasteiger partial charge in [-0.3, -0.25) is 0 Å². The summed E-state index contributed by atoms with van der Waals surface area (Å²) in [4.78, 5) is 0. The average Bonchev–Trinajstić information content (AvgIpc) is 2.22. The lowest BCUT2D eigenvalue weighted by molar-refractivity contribution is 0.336. The minimum Gasteiger partial charge on any atom is -0.494 e. The number of ether oxygens (including phenoxy) is 1. The van der Waals surface area contributed by atoms with Crippen LogP contribution in [-0.2, 0) is 6.42 Å². The van der Waals surface area contributed by atoms with Crippen molar-refractivity contribution < 1.29 is 4.74 Å². The second-order valence-corrected chi connectivity index (χ2v) is 3.63. The van der Waals surface area contributed by atoms with Gasteiger partial charge < -0.3 is 4.74 Å². The number of rotatable bonds is 5. The van der Waals surface area contributed by atoms with Crippen LogP contribution in [-0.4, -0.2) is 6.61 Å². The zero-order valence-electron chi connectivity index (χ0n) is 8.79. The summed E-state index contributed by atoms with van der Waals surface area (Å²) in [5.74, 6) is 0.875. The van der Waals surface area contributed by atoms with Crippen LogP contribution in [0, 0.1) is 11.3 Å². The van der Waals surface area contributed by atoms with Gasteiger partial charge in [-0.15, -0.1) is 0 Å². The van der Waals surface area contributed by atoms with Gasteiger partial charge in [0, 0.05) is 11.4 Å². The van der Waals surface area contributed by atoms with E-state index in [0.29, 0.717) is 18.1 Å². The molecule has 0 aromatic heterocycles. The Morgan fingerprint density at radius 3 is 2.93 bits per heavy atom. The topological polar surface area (TPSA) is 33.0 Å². The van der Waals surface area contributed by atoms with Crippen LogP contribution in [0.15, 0.2) is 18.2 Å². The Bertz CT molecular complexity index is 357. The molecule has 1 aromatic carbocycles. The van der Waals surface area contributed by atoms with E-state index < -0.39 is 0 Å². The standard InChI is InChI=1S/C12H14ClNO/c1-2-15-12-7-6-11(13)9-10(12)5-3-4-8-14/h6-7,9H,2-5H2,1H3. The molecule has 3 heteroatoms. The maximum atomic E-state index is 8.46. The smallest absolute Gasteiger partial charge is 0.122 e. The van der Waals surface area contributed by atoms with E-state index in [1.807, 2.05) is 25.1 Å². The van der Waals surface area contributed by atoms with Crippen LogP contribution in [0.5, 0.6) is 5.75 Å². The molecule has 0 radical (unpaired) electrons. The van der Waals surface area contributed by atoms with E-state index in [1.54, 1.807) is 0 Å². The highest BCUT2D eigenvalue weighted by Gasteiger charge is 2.03. The monoisotopic (exact) mass is 223 g/mol. The van der Waals surface area contributed by atoms with Gasteiger partial charge in [-0.1, -0.05) is 11.6 Å². The first kappa shape index (κ1) is 11.9. The van der Waals surface area contributed by atoms with E-state index in [9.17, 15) is 0 Å². The Kier molecular flexibility index (Phi) is 5.00. The molecule has 0 saturated heterocycles. The fourth-order valence-corrected chi connectivity index (χ4v) is 1.59. The van der Waals surface area contributed by atoms with Crippen LogP contribution in [0.3, 0.4) is 0 Å². The molecule has 2 nitrogen and oxygen atoms in total. The van der Waals surface area contributed by atoms with Gasteiger partial charge in [0.05, 0.1) is 12.7 Å². The number of unbranched alkanes of at least 4 members (excludes halogenated alkanes) is 1. The molecular formula is C12H14ClNO. The van der Waals surface area contributed by atoms with Crippen molar-refractivity contribution in [3.8, 4) is 11.8 Å². The van der Waals surface area contributed by atoms with Crippen LogP contribution in [0.1, 0.15) is 25.3 Å². The molecule has 80 valence electrons. The van der Waals surface area contributed by atoms with Gasteiger partial charge in [0.1, 0.15) is 5.75 Å². The highest BCUT2D eigenvalue weighted by atomic mass is 35.5. The number of hydrogen-bond acceptors (Lipinski definition) is 2. The van der Waals surface area contributed by atoms with Crippen LogP contribution in [0.4, 0.5) is 0 Å². The third kappa shape index (κ3) is 3.81. The summed E-state index contributed by atoms with van der Waals surface area (Å²) in [5, 5.41) is 9.18. The fourth-order valence-electron chi connectivity index (χ4n) is 1.40. The molecule has 0 amide bonds. The summed E-state index contributed by atoms with van der Waals surface area (Å²) in [6, 6.07) is 7.74. The van der Waals surface area contributed by atoms with E-state index >= 15 is 0 Å². The Balaban J connectivity index is 2.73. The zero-order valence-corrected chi connectivity index (χ0v) is 9.55. The molecule has 0 spiro atoms. The van der Waals surface area contributed by atoms with Crippen molar-refractivity contribution in [1.82, 2.24) is 0 Å². The van der Waals surface area contributed by atoms with Gasteiger partial charge in [0.2, 0.25) is 0 Å². The van der Waals surface area contributed by atoms with Crippen molar-refractivity contribution in [2.75, 3.05) is 6.61 Å².